The van der Waals surface area contributed by atoms with Crippen LogP contribution in [0.5, 0.6) is 23.0 Å². The van der Waals surface area contributed by atoms with Crippen molar-refractivity contribution in [1.82, 2.24) is 0 Å². The first kappa shape index (κ1) is 76.6. The molecule has 0 saturated carbocycles. The Kier molecular flexibility index (Phi) is 32.3. The van der Waals surface area contributed by atoms with E-state index >= 15 is 0 Å². The summed E-state index contributed by atoms with van der Waals surface area (Å²) in [7, 11) is -7.37. The highest BCUT2D eigenvalue weighted by Gasteiger charge is 2.58. The van der Waals surface area contributed by atoms with Crippen LogP contribution in [0.3, 0.4) is 0 Å². The number of hydrogen-bond acceptors (Lipinski definition) is 8. The van der Waals surface area contributed by atoms with Gasteiger partial charge in [-0.1, -0.05) is 266 Å². The fourth-order valence-corrected chi connectivity index (χ4v) is 14.5. The van der Waals surface area contributed by atoms with Gasteiger partial charge < -0.3 is 35.4 Å². The smallest absolute Gasteiger partial charge is 0.452 e. The molecule has 4 rings (SSSR count). The van der Waals surface area contributed by atoms with Gasteiger partial charge in [0.15, 0.2) is 0 Å². The molecule has 10 heteroatoms. The molecule has 0 aliphatic carbocycles. The number of rotatable bonds is 36. The molecule has 0 amide bonds. The van der Waals surface area contributed by atoms with Crippen molar-refractivity contribution < 1.29 is 35.4 Å². The minimum absolute atomic E-state index is 0.00888. The quantitative estimate of drug-likeness (QED) is 0.0417. The fourth-order valence-electron chi connectivity index (χ4n) is 10.3. The highest BCUT2D eigenvalue weighted by molar-refractivity contribution is 6.57. The Bertz CT molecular complexity index is 2070. The molecule has 0 aromatic heterocycles. The van der Waals surface area contributed by atoms with Crippen LogP contribution in [-0.2, 0) is 39.4 Å². The molecule has 4 aromatic rings. The molecule has 488 valence electrons. The van der Waals surface area contributed by atoms with Crippen LogP contribution in [0.25, 0.3) is 0 Å². The lowest BCUT2D eigenvalue weighted by Gasteiger charge is -2.34. The molecular formula is C76H128O8Si2. The van der Waals surface area contributed by atoms with Crippen molar-refractivity contribution in [3.63, 3.8) is 0 Å². The Labute approximate surface area is 531 Å². The second-order valence-corrected chi connectivity index (χ2v) is 33.8. The van der Waals surface area contributed by atoms with Crippen LogP contribution in [0.2, 0.25) is 0 Å². The van der Waals surface area contributed by atoms with Crippen LogP contribution in [0.15, 0.2) is 97.1 Å². The van der Waals surface area contributed by atoms with Crippen molar-refractivity contribution in [3.05, 3.63) is 119 Å². The third kappa shape index (κ3) is 27.2. The fraction of sp³-hybridized carbons (Fsp3) is 0.684. The van der Waals surface area contributed by atoms with E-state index in [2.05, 4.69) is 215 Å². The zero-order chi connectivity index (χ0) is 64.5. The maximum absolute atomic E-state index is 6.88. The molecule has 86 heavy (non-hydrogen) atoms. The molecule has 0 saturated heterocycles. The maximum atomic E-state index is 6.88. The predicted molar refractivity (Wildman–Crippen MR) is 370 cm³/mol. The first-order chi connectivity index (χ1) is 40.3. The number of benzene rings is 4. The molecule has 0 radical (unpaired) electrons. The molecule has 0 aliphatic rings. The van der Waals surface area contributed by atoms with E-state index in [1.807, 2.05) is 48.5 Å². The highest BCUT2D eigenvalue weighted by Crippen LogP contribution is 2.35. The summed E-state index contributed by atoms with van der Waals surface area (Å²) in [6, 6.07) is 32.4. The molecule has 0 fully saturated rings. The van der Waals surface area contributed by atoms with Crippen LogP contribution >= 0.6 is 0 Å². The average molecular weight is 1230 g/mol. The van der Waals surface area contributed by atoms with Crippen LogP contribution in [0, 0.1) is 47.3 Å². The molecule has 8 atom stereocenters. The van der Waals surface area contributed by atoms with Gasteiger partial charge in [-0.05, 0) is 165 Å². The maximum Gasteiger partial charge on any atom is 0.966 e. The summed E-state index contributed by atoms with van der Waals surface area (Å²) >= 11 is 0. The topological polar surface area (TPSA) is 73.8 Å². The molecule has 0 spiro atoms. The first-order valence-corrected chi connectivity index (χ1v) is 37.3. The lowest BCUT2D eigenvalue weighted by Crippen LogP contribution is -2.60. The van der Waals surface area contributed by atoms with Crippen molar-refractivity contribution in [2.75, 3.05) is 26.4 Å². The van der Waals surface area contributed by atoms with Crippen molar-refractivity contribution in [2.45, 2.75) is 265 Å². The largest absolute Gasteiger partial charge is 0.966 e. The first-order valence-electron chi connectivity index (χ1n) is 34.0. The Morgan fingerprint density at radius 1 is 0.267 bits per heavy atom. The Balaban J connectivity index is 0.000000453. The predicted octanol–water partition coefficient (Wildman–Crippen LogP) is 22.3. The molecule has 0 N–H and O–H groups in total. The minimum atomic E-state index is -4.01. The lowest BCUT2D eigenvalue weighted by molar-refractivity contribution is -0.0632. The van der Waals surface area contributed by atoms with Crippen LogP contribution in [-0.4, -0.2) is 44.5 Å². The summed E-state index contributed by atoms with van der Waals surface area (Å²) in [5, 5.41) is 0. The summed E-state index contributed by atoms with van der Waals surface area (Å²) in [6.07, 6.45) is 14.0. The Morgan fingerprint density at radius 3 is 0.581 bits per heavy atom. The van der Waals surface area contributed by atoms with E-state index in [4.69, 9.17) is 35.4 Å². The summed E-state index contributed by atoms with van der Waals surface area (Å²) in [6.45, 7) is 56.8. The van der Waals surface area contributed by atoms with E-state index in [9.17, 15) is 0 Å². The number of hydrogen-bond donors (Lipinski definition) is 0. The zero-order valence-corrected chi connectivity index (χ0v) is 61.4. The van der Waals surface area contributed by atoms with Crippen LogP contribution in [0.4, 0.5) is 0 Å². The average Bonchev–Trinajstić information content (AvgIpc) is 1.74. The Hall–Kier alpha value is -3.65. The standard InChI is InChI=1S/C40H52O4Si.C36H76O4Si/c1-37(2,3)29-13-21-33(22-14-29)41-45(42-34-23-15-30(16-24-34)38(4,5)6,43-35-25-17-31(18-26-35)39(7,8)9)44-36-27-19-32(20-28-36)40(10,11)12;1-13-29(9)21-33(17-5)25-37-41(38-26-34(18-6)22-30(10)14-2,39-27-35(19-7)23-31(11)15-3)40-28-36(20-8)24-32(12)16-4/h13-28H,1-12H3;29-36H,13-28H2,1-12H3. The van der Waals surface area contributed by atoms with Gasteiger partial charge in [-0.15, -0.1) is 0 Å². The molecule has 0 heterocycles. The molecule has 8 nitrogen and oxygen atoms in total. The lowest BCUT2D eigenvalue weighted by atomic mass is 9.87. The van der Waals surface area contributed by atoms with E-state index in [0.717, 1.165) is 25.7 Å². The molecule has 0 aliphatic heterocycles. The molecule has 8 unspecified atom stereocenters. The Morgan fingerprint density at radius 2 is 0.442 bits per heavy atom. The summed E-state index contributed by atoms with van der Waals surface area (Å²) in [5.74, 6) is 7.22. The minimum Gasteiger partial charge on any atom is -0.452 e. The van der Waals surface area contributed by atoms with E-state index in [-0.39, 0.29) is 21.7 Å². The SMILES string of the molecule is CC(C)(C)c1ccc(O[Si](Oc2ccc(C(C)(C)C)cc2)(Oc2ccc(C(C)(C)C)cc2)Oc2ccc(C(C)(C)C)cc2)cc1.CCC(C)CC(CC)CO[Si](OCC(CC)CC(C)CC)(OCC(CC)CC(C)CC)OCC(CC)CC(C)CC. The monoisotopic (exact) mass is 1220 g/mol. The van der Waals surface area contributed by atoms with E-state index in [1.165, 1.54) is 73.6 Å². The highest BCUT2D eigenvalue weighted by atomic mass is 28.4. The summed E-state index contributed by atoms with van der Waals surface area (Å²) < 4.78 is 54.5. The zero-order valence-electron chi connectivity index (χ0n) is 59.4. The van der Waals surface area contributed by atoms with Crippen LogP contribution < -0.4 is 17.7 Å². The summed E-state index contributed by atoms with van der Waals surface area (Å²) in [5.41, 5.74) is 4.86. The third-order valence-corrected chi connectivity index (χ3v) is 21.9. The second kappa shape index (κ2) is 36.3. The van der Waals surface area contributed by atoms with Gasteiger partial charge in [-0.2, -0.15) is 0 Å². The van der Waals surface area contributed by atoms with E-state index in [1.54, 1.807) is 0 Å². The molecule has 0 bridgehead atoms. The van der Waals surface area contributed by atoms with Gasteiger partial charge in [0.1, 0.15) is 23.0 Å². The van der Waals surface area contributed by atoms with Gasteiger partial charge in [0.25, 0.3) is 0 Å². The normalized spacial score (nSPS) is 16.1. The van der Waals surface area contributed by atoms with Gasteiger partial charge in [-0.25, -0.2) is 0 Å². The van der Waals surface area contributed by atoms with Gasteiger partial charge in [0.2, 0.25) is 0 Å². The van der Waals surface area contributed by atoms with Crippen molar-refractivity contribution >= 4 is 18.1 Å². The van der Waals surface area contributed by atoms with Gasteiger partial charge in [-0.3, -0.25) is 0 Å². The summed E-state index contributed by atoms with van der Waals surface area (Å²) in [4.78, 5) is 0. The van der Waals surface area contributed by atoms with Gasteiger partial charge >= 0.3 is 18.1 Å². The van der Waals surface area contributed by atoms with Crippen LogP contribution in [0.1, 0.15) is 265 Å². The van der Waals surface area contributed by atoms with Crippen molar-refractivity contribution in [1.29, 1.82) is 0 Å². The van der Waals surface area contributed by atoms with Gasteiger partial charge in [0.05, 0.1) is 0 Å². The second-order valence-electron chi connectivity index (χ2n) is 29.8. The molecule has 4 aromatic carbocycles. The third-order valence-electron chi connectivity index (χ3n) is 17.9. The van der Waals surface area contributed by atoms with Crippen molar-refractivity contribution in [3.8, 4) is 23.0 Å². The van der Waals surface area contributed by atoms with Crippen molar-refractivity contribution in [2.24, 2.45) is 47.3 Å². The molecular weight excluding hydrogens is 1100 g/mol. The van der Waals surface area contributed by atoms with Gasteiger partial charge in [0, 0.05) is 26.4 Å². The van der Waals surface area contributed by atoms with E-state index in [0.29, 0.717) is 96.8 Å². The van der Waals surface area contributed by atoms with E-state index < -0.39 is 18.1 Å².